The van der Waals surface area contributed by atoms with Crippen molar-refractivity contribution in [2.75, 3.05) is 12.3 Å². The zero-order valence-electron chi connectivity index (χ0n) is 11.4. The van der Waals surface area contributed by atoms with Crippen LogP contribution >= 0.6 is 0 Å². The van der Waals surface area contributed by atoms with Gasteiger partial charge >= 0.3 is 0 Å². The van der Waals surface area contributed by atoms with Gasteiger partial charge in [-0.2, -0.15) is 0 Å². The molecule has 1 rings (SSSR count). The number of hydrogen-bond donors (Lipinski definition) is 1. The van der Waals surface area contributed by atoms with Crippen LogP contribution in [0.2, 0.25) is 0 Å². The molecular weight excluding hydrogens is 242 g/mol. The van der Waals surface area contributed by atoms with Crippen molar-refractivity contribution in [1.82, 2.24) is 4.72 Å². The molecular formula is C15H25NOS. The second kappa shape index (κ2) is 10.3. The van der Waals surface area contributed by atoms with Gasteiger partial charge < -0.3 is 0 Å². The third-order valence-electron chi connectivity index (χ3n) is 2.90. The molecule has 0 saturated carbocycles. The first-order chi connectivity index (χ1) is 8.83. The fraction of sp³-hybridized carbons (Fsp3) is 0.600. The highest BCUT2D eigenvalue weighted by Gasteiger charge is 1.98. The SMILES string of the molecule is CCCNS(=O)CCCCCCc1ccccc1. The maximum absolute atomic E-state index is 11.5. The molecule has 1 N–H and O–H groups in total. The first-order valence-electron chi connectivity index (χ1n) is 6.98. The van der Waals surface area contributed by atoms with E-state index in [1.807, 2.05) is 0 Å². The van der Waals surface area contributed by atoms with Crippen molar-refractivity contribution in [1.29, 1.82) is 0 Å². The molecule has 0 aliphatic heterocycles. The first-order valence-corrected chi connectivity index (χ1v) is 8.30. The maximum Gasteiger partial charge on any atom is 0.0915 e. The molecule has 0 aliphatic rings. The van der Waals surface area contributed by atoms with Gasteiger partial charge in [0.15, 0.2) is 0 Å². The Labute approximate surface area is 114 Å². The minimum Gasteiger partial charge on any atom is -0.243 e. The van der Waals surface area contributed by atoms with E-state index in [4.69, 9.17) is 0 Å². The van der Waals surface area contributed by atoms with Crippen molar-refractivity contribution in [2.45, 2.75) is 45.4 Å². The van der Waals surface area contributed by atoms with Crippen LogP contribution in [0.3, 0.4) is 0 Å². The number of rotatable bonds is 10. The van der Waals surface area contributed by atoms with E-state index in [2.05, 4.69) is 42.0 Å². The monoisotopic (exact) mass is 267 g/mol. The van der Waals surface area contributed by atoms with E-state index in [1.54, 1.807) is 0 Å². The van der Waals surface area contributed by atoms with Crippen molar-refractivity contribution >= 4 is 11.0 Å². The smallest absolute Gasteiger partial charge is 0.0915 e. The average Bonchev–Trinajstić information content (AvgIpc) is 2.41. The number of nitrogens with one attached hydrogen (secondary N) is 1. The minimum atomic E-state index is -0.811. The number of aryl methyl sites for hydroxylation is 1. The highest BCUT2D eigenvalue weighted by atomic mass is 32.2. The van der Waals surface area contributed by atoms with Gasteiger partial charge in [-0.05, 0) is 31.2 Å². The van der Waals surface area contributed by atoms with E-state index in [-0.39, 0.29) is 0 Å². The summed E-state index contributed by atoms with van der Waals surface area (Å²) in [6.07, 6.45) is 6.93. The Bertz CT molecular complexity index is 327. The van der Waals surface area contributed by atoms with E-state index in [9.17, 15) is 4.21 Å². The zero-order valence-corrected chi connectivity index (χ0v) is 12.2. The second-order valence-electron chi connectivity index (χ2n) is 4.59. The third kappa shape index (κ3) is 7.62. The van der Waals surface area contributed by atoms with Crippen LogP contribution in [0.15, 0.2) is 30.3 Å². The predicted molar refractivity (Wildman–Crippen MR) is 79.9 cm³/mol. The number of unbranched alkanes of at least 4 members (excludes halogenated alkanes) is 3. The Morgan fingerprint density at radius 3 is 2.50 bits per heavy atom. The fourth-order valence-corrected chi connectivity index (χ4v) is 2.89. The van der Waals surface area contributed by atoms with Crippen LogP contribution in [0.1, 0.15) is 44.6 Å². The topological polar surface area (TPSA) is 29.1 Å². The van der Waals surface area contributed by atoms with Gasteiger partial charge in [0.05, 0.1) is 11.0 Å². The Morgan fingerprint density at radius 2 is 1.78 bits per heavy atom. The molecule has 0 saturated heterocycles. The van der Waals surface area contributed by atoms with Crippen molar-refractivity contribution in [2.24, 2.45) is 0 Å². The molecule has 1 aromatic carbocycles. The van der Waals surface area contributed by atoms with Gasteiger partial charge in [0.25, 0.3) is 0 Å². The fourth-order valence-electron chi connectivity index (χ4n) is 1.85. The predicted octanol–water partition coefficient (Wildman–Crippen LogP) is 3.45. The van der Waals surface area contributed by atoms with Crippen LogP contribution in [0.4, 0.5) is 0 Å². The molecule has 102 valence electrons. The molecule has 0 radical (unpaired) electrons. The lowest BCUT2D eigenvalue weighted by atomic mass is 10.1. The normalized spacial score (nSPS) is 12.5. The average molecular weight is 267 g/mol. The summed E-state index contributed by atoms with van der Waals surface area (Å²) in [6, 6.07) is 10.6. The van der Waals surface area contributed by atoms with Crippen LogP contribution in [0.5, 0.6) is 0 Å². The summed E-state index contributed by atoms with van der Waals surface area (Å²) in [4.78, 5) is 0. The van der Waals surface area contributed by atoms with Crippen molar-refractivity contribution in [3.63, 3.8) is 0 Å². The molecule has 0 amide bonds. The van der Waals surface area contributed by atoms with Crippen molar-refractivity contribution in [3.05, 3.63) is 35.9 Å². The number of hydrogen-bond acceptors (Lipinski definition) is 1. The summed E-state index contributed by atoms with van der Waals surface area (Å²) in [6.45, 7) is 2.95. The largest absolute Gasteiger partial charge is 0.243 e. The summed E-state index contributed by atoms with van der Waals surface area (Å²) in [7, 11) is -0.811. The molecule has 0 aliphatic carbocycles. The van der Waals surface area contributed by atoms with Crippen molar-refractivity contribution < 1.29 is 4.21 Å². The standard InChI is InChI=1S/C15H25NOS/c1-2-13-16-18(17)14-9-4-3-6-10-15-11-7-5-8-12-15/h5,7-8,11-12,16H,2-4,6,9-10,13-14H2,1H3. The highest BCUT2D eigenvalue weighted by Crippen LogP contribution is 2.07. The molecule has 0 spiro atoms. The number of benzene rings is 1. The van der Waals surface area contributed by atoms with Gasteiger partial charge in [0.1, 0.15) is 0 Å². The molecule has 0 fully saturated rings. The molecule has 1 aromatic rings. The maximum atomic E-state index is 11.5. The molecule has 3 heteroatoms. The summed E-state index contributed by atoms with van der Waals surface area (Å²) in [5.41, 5.74) is 1.42. The molecule has 0 heterocycles. The van der Waals surface area contributed by atoms with Crippen LogP contribution in [-0.2, 0) is 17.4 Å². The van der Waals surface area contributed by atoms with Crippen LogP contribution < -0.4 is 4.72 Å². The van der Waals surface area contributed by atoms with Crippen LogP contribution in [-0.4, -0.2) is 16.5 Å². The molecule has 2 nitrogen and oxygen atoms in total. The van der Waals surface area contributed by atoms with Gasteiger partial charge in [-0.3, -0.25) is 0 Å². The lowest BCUT2D eigenvalue weighted by Gasteiger charge is -2.04. The van der Waals surface area contributed by atoms with E-state index in [0.29, 0.717) is 0 Å². The van der Waals surface area contributed by atoms with E-state index < -0.39 is 11.0 Å². The lowest BCUT2D eigenvalue weighted by Crippen LogP contribution is -2.20. The Kier molecular flexibility index (Phi) is 8.78. The lowest BCUT2D eigenvalue weighted by molar-refractivity contribution is 0.647. The Balaban J connectivity index is 1.94. The van der Waals surface area contributed by atoms with E-state index >= 15 is 0 Å². The quantitative estimate of drug-likeness (QED) is 0.646. The molecule has 0 aromatic heterocycles. The van der Waals surface area contributed by atoms with Gasteiger partial charge in [-0.25, -0.2) is 8.93 Å². The first kappa shape index (κ1) is 15.4. The minimum absolute atomic E-state index is 0.797. The second-order valence-corrected chi connectivity index (χ2v) is 5.98. The summed E-state index contributed by atoms with van der Waals surface area (Å²) >= 11 is 0. The van der Waals surface area contributed by atoms with Gasteiger partial charge in [0, 0.05) is 12.3 Å². The zero-order chi connectivity index (χ0) is 13.1. The van der Waals surface area contributed by atoms with E-state index in [0.717, 1.165) is 31.6 Å². The summed E-state index contributed by atoms with van der Waals surface area (Å²) in [5, 5.41) is 0. The molecule has 1 atom stereocenters. The summed E-state index contributed by atoms with van der Waals surface area (Å²) in [5.74, 6) is 0.797. The van der Waals surface area contributed by atoms with Gasteiger partial charge in [0.2, 0.25) is 0 Å². The third-order valence-corrected chi connectivity index (χ3v) is 4.09. The molecule has 18 heavy (non-hydrogen) atoms. The van der Waals surface area contributed by atoms with Gasteiger partial charge in [-0.15, -0.1) is 0 Å². The van der Waals surface area contributed by atoms with Crippen LogP contribution in [0.25, 0.3) is 0 Å². The van der Waals surface area contributed by atoms with Crippen molar-refractivity contribution in [3.8, 4) is 0 Å². The van der Waals surface area contributed by atoms with Gasteiger partial charge in [-0.1, -0.05) is 50.1 Å². The Morgan fingerprint density at radius 1 is 1.06 bits per heavy atom. The van der Waals surface area contributed by atoms with Crippen LogP contribution in [0, 0.1) is 0 Å². The highest BCUT2D eigenvalue weighted by molar-refractivity contribution is 7.83. The Hall–Kier alpha value is -0.670. The molecule has 0 bridgehead atoms. The summed E-state index contributed by atoms with van der Waals surface area (Å²) < 4.78 is 14.5. The molecule has 1 unspecified atom stereocenters. The van der Waals surface area contributed by atoms with E-state index in [1.165, 1.54) is 24.8 Å².